The van der Waals surface area contributed by atoms with E-state index in [9.17, 15) is 9.59 Å². The molecule has 3 aromatic rings. The van der Waals surface area contributed by atoms with E-state index >= 15 is 0 Å². The molecule has 0 spiro atoms. The SMILES string of the molecule is NC(=O)Cn1c(=O)[nH]c2cc(Nc3ccccc3)ccc21. The van der Waals surface area contributed by atoms with Gasteiger partial charge in [0.2, 0.25) is 5.91 Å². The third kappa shape index (κ3) is 2.64. The van der Waals surface area contributed by atoms with E-state index in [4.69, 9.17) is 5.73 Å². The standard InChI is InChI=1S/C15H14N4O2/c16-14(20)9-19-13-7-6-11(8-12(13)18-15(19)21)17-10-4-2-1-3-5-10/h1-8,17H,9H2,(H2,16,20)(H,18,21). The minimum atomic E-state index is -0.551. The number of rotatable bonds is 4. The molecule has 21 heavy (non-hydrogen) atoms. The van der Waals surface area contributed by atoms with Crippen molar-refractivity contribution in [1.29, 1.82) is 0 Å². The van der Waals surface area contributed by atoms with E-state index < -0.39 is 5.91 Å². The predicted octanol–water partition coefficient (Wildman–Crippen LogP) is 1.56. The van der Waals surface area contributed by atoms with Crippen LogP contribution in [0.2, 0.25) is 0 Å². The Hall–Kier alpha value is -3.02. The summed E-state index contributed by atoms with van der Waals surface area (Å²) in [6.45, 7) is -0.135. The highest BCUT2D eigenvalue weighted by molar-refractivity contribution is 5.83. The summed E-state index contributed by atoms with van der Waals surface area (Å²) in [4.78, 5) is 25.5. The molecule has 0 unspecified atom stereocenters. The third-order valence-corrected chi connectivity index (χ3v) is 3.15. The molecule has 0 aliphatic rings. The van der Waals surface area contributed by atoms with Gasteiger partial charge in [0.05, 0.1) is 11.0 Å². The molecule has 0 saturated carbocycles. The number of hydrogen-bond donors (Lipinski definition) is 3. The van der Waals surface area contributed by atoms with Gasteiger partial charge in [-0.2, -0.15) is 0 Å². The Balaban J connectivity index is 1.98. The van der Waals surface area contributed by atoms with Gasteiger partial charge in [-0.3, -0.25) is 9.36 Å². The highest BCUT2D eigenvalue weighted by Gasteiger charge is 2.09. The molecule has 1 heterocycles. The average Bonchev–Trinajstić information content (AvgIpc) is 2.75. The van der Waals surface area contributed by atoms with Gasteiger partial charge in [-0.15, -0.1) is 0 Å². The van der Waals surface area contributed by atoms with E-state index in [1.165, 1.54) is 4.57 Å². The molecule has 1 amide bonds. The molecule has 0 atom stereocenters. The zero-order valence-corrected chi connectivity index (χ0v) is 11.2. The van der Waals surface area contributed by atoms with E-state index in [0.717, 1.165) is 11.4 Å². The third-order valence-electron chi connectivity index (χ3n) is 3.15. The number of primary amides is 1. The zero-order valence-electron chi connectivity index (χ0n) is 11.2. The summed E-state index contributed by atoms with van der Waals surface area (Å²) in [6.07, 6.45) is 0. The van der Waals surface area contributed by atoms with Crippen molar-refractivity contribution in [3.8, 4) is 0 Å². The molecule has 106 valence electrons. The van der Waals surface area contributed by atoms with Gasteiger partial charge in [0.1, 0.15) is 6.54 Å². The van der Waals surface area contributed by atoms with Crippen molar-refractivity contribution in [3.05, 3.63) is 59.0 Å². The van der Waals surface area contributed by atoms with Gasteiger partial charge in [0.25, 0.3) is 0 Å². The first kappa shape index (κ1) is 13.0. The lowest BCUT2D eigenvalue weighted by atomic mass is 10.2. The lowest BCUT2D eigenvalue weighted by Gasteiger charge is -2.06. The number of carbonyl (C=O) groups excluding carboxylic acids is 1. The van der Waals surface area contributed by atoms with Crippen LogP contribution in [-0.4, -0.2) is 15.5 Å². The number of amides is 1. The van der Waals surface area contributed by atoms with Crippen molar-refractivity contribution >= 4 is 28.3 Å². The topological polar surface area (TPSA) is 92.9 Å². The fraction of sp³-hybridized carbons (Fsp3) is 0.0667. The molecule has 6 heteroatoms. The van der Waals surface area contributed by atoms with E-state index in [1.807, 2.05) is 42.5 Å². The molecule has 2 aromatic carbocycles. The van der Waals surface area contributed by atoms with Crippen LogP contribution in [0.4, 0.5) is 11.4 Å². The van der Waals surface area contributed by atoms with Gasteiger partial charge < -0.3 is 16.0 Å². The van der Waals surface area contributed by atoms with Crippen LogP contribution < -0.4 is 16.7 Å². The Labute approximate surface area is 120 Å². The number of fused-ring (bicyclic) bond motifs is 1. The second-order valence-corrected chi connectivity index (χ2v) is 4.71. The zero-order chi connectivity index (χ0) is 14.8. The van der Waals surface area contributed by atoms with Gasteiger partial charge in [0.15, 0.2) is 0 Å². The maximum Gasteiger partial charge on any atom is 0.326 e. The number of benzene rings is 2. The molecular formula is C15H14N4O2. The maximum atomic E-state index is 11.8. The van der Waals surface area contributed by atoms with Crippen LogP contribution in [0.1, 0.15) is 0 Å². The summed E-state index contributed by atoms with van der Waals surface area (Å²) >= 11 is 0. The van der Waals surface area contributed by atoms with Gasteiger partial charge in [-0.1, -0.05) is 18.2 Å². The molecule has 1 aromatic heterocycles. The Morgan fingerprint density at radius 2 is 1.90 bits per heavy atom. The van der Waals surface area contributed by atoms with Crippen molar-refractivity contribution in [3.63, 3.8) is 0 Å². The molecule has 0 radical (unpaired) electrons. The summed E-state index contributed by atoms with van der Waals surface area (Å²) in [6, 6.07) is 15.2. The smallest absolute Gasteiger partial charge is 0.326 e. The van der Waals surface area contributed by atoms with Crippen molar-refractivity contribution in [2.45, 2.75) is 6.54 Å². The molecule has 0 saturated heterocycles. The Bertz CT molecular complexity index is 849. The molecule has 4 N–H and O–H groups in total. The van der Waals surface area contributed by atoms with Crippen LogP contribution >= 0.6 is 0 Å². The van der Waals surface area contributed by atoms with Crippen LogP contribution in [0.5, 0.6) is 0 Å². The van der Waals surface area contributed by atoms with E-state index in [0.29, 0.717) is 11.0 Å². The molecular weight excluding hydrogens is 268 g/mol. The molecule has 0 bridgehead atoms. The molecule has 6 nitrogen and oxygen atoms in total. The van der Waals surface area contributed by atoms with E-state index in [-0.39, 0.29) is 12.2 Å². The average molecular weight is 282 g/mol. The normalized spacial score (nSPS) is 10.7. The fourth-order valence-corrected chi connectivity index (χ4v) is 2.24. The first-order valence-corrected chi connectivity index (χ1v) is 6.46. The van der Waals surface area contributed by atoms with Crippen molar-refractivity contribution in [2.24, 2.45) is 5.73 Å². The molecule has 0 fully saturated rings. The summed E-state index contributed by atoms with van der Waals surface area (Å²) < 4.78 is 1.32. The molecule has 0 aliphatic heterocycles. The first-order valence-electron chi connectivity index (χ1n) is 6.46. The second-order valence-electron chi connectivity index (χ2n) is 4.71. The minimum absolute atomic E-state index is 0.135. The number of imidazole rings is 1. The number of carbonyl (C=O) groups is 1. The first-order chi connectivity index (χ1) is 10.1. The van der Waals surface area contributed by atoms with E-state index in [2.05, 4.69) is 10.3 Å². The summed E-state index contributed by atoms with van der Waals surface area (Å²) in [7, 11) is 0. The van der Waals surface area contributed by atoms with Crippen molar-refractivity contribution in [1.82, 2.24) is 9.55 Å². The largest absolute Gasteiger partial charge is 0.368 e. The van der Waals surface area contributed by atoms with Crippen LogP contribution in [0.3, 0.4) is 0 Å². The maximum absolute atomic E-state index is 11.8. The Kier molecular flexibility index (Phi) is 3.19. The Morgan fingerprint density at radius 3 is 2.62 bits per heavy atom. The Morgan fingerprint density at radius 1 is 1.14 bits per heavy atom. The number of para-hydroxylation sites is 1. The summed E-state index contributed by atoms with van der Waals surface area (Å²) in [5.41, 5.74) is 7.91. The highest BCUT2D eigenvalue weighted by atomic mass is 16.2. The lowest BCUT2D eigenvalue weighted by molar-refractivity contribution is -0.118. The van der Waals surface area contributed by atoms with E-state index in [1.54, 1.807) is 6.07 Å². The lowest BCUT2D eigenvalue weighted by Crippen LogP contribution is -2.26. The highest BCUT2D eigenvalue weighted by Crippen LogP contribution is 2.20. The van der Waals surface area contributed by atoms with Crippen LogP contribution in [-0.2, 0) is 11.3 Å². The number of nitrogens with two attached hydrogens (primary N) is 1. The van der Waals surface area contributed by atoms with Gasteiger partial charge >= 0.3 is 5.69 Å². The molecule has 0 aliphatic carbocycles. The quantitative estimate of drug-likeness (QED) is 0.678. The second kappa shape index (κ2) is 5.16. The van der Waals surface area contributed by atoms with Gasteiger partial charge in [0, 0.05) is 11.4 Å². The fourth-order valence-electron chi connectivity index (χ4n) is 2.24. The van der Waals surface area contributed by atoms with Crippen LogP contribution in [0.15, 0.2) is 53.3 Å². The number of anilines is 2. The molecule has 3 rings (SSSR count). The number of aromatic amines is 1. The number of hydrogen-bond acceptors (Lipinski definition) is 3. The van der Waals surface area contributed by atoms with Gasteiger partial charge in [-0.05, 0) is 30.3 Å². The van der Waals surface area contributed by atoms with Crippen molar-refractivity contribution < 1.29 is 4.79 Å². The predicted molar refractivity (Wildman–Crippen MR) is 81.5 cm³/mol. The summed E-state index contributed by atoms with van der Waals surface area (Å²) in [5, 5.41) is 3.24. The number of nitrogens with one attached hydrogen (secondary N) is 2. The van der Waals surface area contributed by atoms with Crippen molar-refractivity contribution in [2.75, 3.05) is 5.32 Å². The van der Waals surface area contributed by atoms with Crippen LogP contribution in [0.25, 0.3) is 11.0 Å². The monoisotopic (exact) mass is 282 g/mol. The minimum Gasteiger partial charge on any atom is -0.368 e. The van der Waals surface area contributed by atoms with Crippen LogP contribution in [0, 0.1) is 0 Å². The number of aromatic nitrogens is 2. The number of nitrogens with zero attached hydrogens (tertiary/aromatic N) is 1. The summed E-state index contributed by atoms with van der Waals surface area (Å²) in [5.74, 6) is -0.551. The van der Waals surface area contributed by atoms with Gasteiger partial charge in [-0.25, -0.2) is 4.79 Å². The number of H-pyrrole nitrogens is 1.